The van der Waals surface area contributed by atoms with Gasteiger partial charge in [0.2, 0.25) is 5.91 Å². The summed E-state index contributed by atoms with van der Waals surface area (Å²) in [6.07, 6.45) is 0. The van der Waals surface area contributed by atoms with Gasteiger partial charge in [-0.25, -0.2) is 4.79 Å². The summed E-state index contributed by atoms with van der Waals surface area (Å²) in [7, 11) is 0. The second kappa shape index (κ2) is 4.32. The molecule has 6 nitrogen and oxygen atoms in total. The van der Waals surface area contributed by atoms with Gasteiger partial charge >= 0.3 is 11.9 Å². The Balaban J connectivity index is 3.88. The number of amides is 1. The highest BCUT2D eigenvalue weighted by Crippen LogP contribution is 1.96. The molecule has 0 heterocycles. The van der Waals surface area contributed by atoms with Crippen LogP contribution in [0.5, 0.6) is 0 Å². The zero-order valence-electron chi connectivity index (χ0n) is 6.66. The Hall–Kier alpha value is -1.59. The van der Waals surface area contributed by atoms with Gasteiger partial charge in [-0.1, -0.05) is 0 Å². The lowest BCUT2D eigenvalue weighted by molar-refractivity contribution is -0.166. The molecule has 0 aliphatic carbocycles. The highest BCUT2D eigenvalue weighted by Gasteiger charge is 2.22. The van der Waals surface area contributed by atoms with Gasteiger partial charge in [0.15, 0.2) is 5.92 Å². The third-order valence-corrected chi connectivity index (χ3v) is 1.02. The molecule has 0 rings (SSSR count). The van der Waals surface area contributed by atoms with Gasteiger partial charge in [-0.3, -0.25) is 9.59 Å². The molecule has 0 saturated carbocycles. The van der Waals surface area contributed by atoms with Gasteiger partial charge < -0.3 is 9.94 Å². The van der Waals surface area contributed by atoms with Crippen molar-refractivity contribution in [3.8, 4) is 0 Å². The van der Waals surface area contributed by atoms with E-state index in [1.54, 1.807) is 5.48 Å². The summed E-state index contributed by atoms with van der Waals surface area (Å²) in [5.74, 6) is -4.15. The van der Waals surface area contributed by atoms with Gasteiger partial charge in [0.1, 0.15) is 0 Å². The van der Waals surface area contributed by atoms with Crippen molar-refractivity contribution in [3.05, 3.63) is 0 Å². The van der Waals surface area contributed by atoms with Crippen molar-refractivity contribution < 1.29 is 24.3 Å². The van der Waals surface area contributed by atoms with E-state index < -0.39 is 23.8 Å². The van der Waals surface area contributed by atoms with Crippen LogP contribution in [-0.4, -0.2) is 23.0 Å². The number of aliphatic carboxylic acids is 1. The first kappa shape index (κ1) is 10.4. The lowest BCUT2D eigenvalue weighted by Crippen LogP contribution is -2.31. The van der Waals surface area contributed by atoms with Crippen LogP contribution in [0.2, 0.25) is 0 Å². The number of hydrogen-bond acceptors (Lipinski definition) is 4. The summed E-state index contributed by atoms with van der Waals surface area (Å²) in [4.78, 5) is 35.2. The quantitative estimate of drug-likeness (QED) is 0.427. The number of carbonyl (C=O) groups is 3. The fourth-order valence-electron chi connectivity index (χ4n) is 0.311. The Morgan fingerprint density at radius 1 is 1.42 bits per heavy atom. The predicted molar refractivity (Wildman–Crippen MR) is 36.7 cm³/mol. The Labute approximate surface area is 68.5 Å². The summed E-state index contributed by atoms with van der Waals surface area (Å²) in [6.45, 7) is 2.30. The van der Waals surface area contributed by atoms with Gasteiger partial charge in [0.25, 0.3) is 0 Å². The van der Waals surface area contributed by atoms with Crippen LogP contribution in [0.15, 0.2) is 0 Å². The minimum Gasteiger partial charge on any atom is -0.481 e. The maximum atomic E-state index is 10.7. The number of rotatable bonds is 2. The molecule has 1 atom stereocenters. The average molecular weight is 175 g/mol. The van der Waals surface area contributed by atoms with Crippen LogP contribution in [0.1, 0.15) is 13.8 Å². The molecule has 0 aliphatic heterocycles. The molecule has 0 spiro atoms. The van der Waals surface area contributed by atoms with Crippen molar-refractivity contribution >= 4 is 17.8 Å². The zero-order chi connectivity index (χ0) is 9.72. The van der Waals surface area contributed by atoms with E-state index in [-0.39, 0.29) is 0 Å². The molecule has 0 bridgehead atoms. The van der Waals surface area contributed by atoms with Crippen LogP contribution < -0.4 is 5.48 Å². The van der Waals surface area contributed by atoms with E-state index in [1.807, 2.05) is 0 Å². The van der Waals surface area contributed by atoms with E-state index in [0.717, 1.165) is 13.8 Å². The summed E-state index contributed by atoms with van der Waals surface area (Å²) in [5, 5.41) is 8.30. The van der Waals surface area contributed by atoms with E-state index >= 15 is 0 Å². The standard InChI is InChI=1S/C6H9NO5/c1-3(5(9)10)6(11)12-7-4(2)8/h3H,1-2H3,(H,7,8)(H,9,10). The minimum absolute atomic E-state index is 0.569. The fourth-order valence-corrected chi connectivity index (χ4v) is 0.311. The topological polar surface area (TPSA) is 92.7 Å². The third kappa shape index (κ3) is 3.55. The van der Waals surface area contributed by atoms with Crippen LogP contribution in [0.25, 0.3) is 0 Å². The highest BCUT2D eigenvalue weighted by molar-refractivity contribution is 5.93. The van der Waals surface area contributed by atoms with E-state index in [4.69, 9.17) is 5.11 Å². The molecule has 0 aromatic rings. The molecule has 1 amide bonds. The van der Waals surface area contributed by atoms with E-state index in [0.29, 0.717) is 0 Å². The van der Waals surface area contributed by atoms with Gasteiger partial charge in [-0.05, 0) is 6.92 Å². The van der Waals surface area contributed by atoms with E-state index in [9.17, 15) is 14.4 Å². The van der Waals surface area contributed by atoms with Crippen molar-refractivity contribution in [2.75, 3.05) is 0 Å². The molecular formula is C6H9NO5. The predicted octanol–water partition coefficient (Wildman–Crippen LogP) is -0.699. The highest BCUT2D eigenvalue weighted by atomic mass is 16.7. The molecule has 0 aromatic carbocycles. The molecule has 68 valence electrons. The number of carbonyl (C=O) groups excluding carboxylic acids is 2. The zero-order valence-corrected chi connectivity index (χ0v) is 6.66. The van der Waals surface area contributed by atoms with Gasteiger partial charge in [0.05, 0.1) is 0 Å². The van der Waals surface area contributed by atoms with E-state index in [1.165, 1.54) is 0 Å². The molecule has 0 aromatic heterocycles. The summed E-state index contributed by atoms with van der Waals surface area (Å²) < 4.78 is 0. The Morgan fingerprint density at radius 3 is 2.25 bits per heavy atom. The maximum absolute atomic E-state index is 10.7. The molecule has 2 N–H and O–H groups in total. The molecular weight excluding hydrogens is 166 g/mol. The Kier molecular flexibility index (Phi) is 3.75. The summed E-state index contributed by atoms with van der Waals surface area (Å²) in [5.41, 5.74) is 1.73. The van der Waals surface area contributed by atoms with Crippen LogP contribution in [0.4, 0.5) is 0 Å². The molecule has 6 heteroatoms. The van der Waals surface area contributed by atoms with Crippen molar-refractivity contribution in [1.82, 2.24) is 5.48 Å². The lowest BCUT2D eigenvalue weighted by Gasteiger charge is -2.05. The van der Waals surface area contributed by atoms with E-state index in [2.05, 4.69) is 4.84 Å². The van der Waals surface area contributed by atoms with Crippen molar-refractivity contribution in [1.29, 1.82) is 0 Å². The first-order valence-electron chi connectivity index (χ1n) is 3.15. The summed E-state index contributed by atoms with van der Waals surface area (Å²) in [6, 6.07) is 0. The number of hydrogen-bond donors (Lipinski definition) is 2. The van der Waals surface area contributed by atoms with Gasteiger partial charge in [-0.2, -0.15) is 5.48 Å². The maximum Gasteiger partial charge on any atom is 0.346 e. The third-order valence-electron chi connectivity index (χ3n) is 1.02. The lowest BCUT2D eigenvalue weighted by atomic mass is 10.2. The first-order valence-corrected chi connectivity index (χ1v) is 3.15. The van der Waals surface area contributed by atoms with Crippen LogP contribution in [-0.2, 0) is 19.2 Å². The number of nitrogens with one attached hydrogen (secondary N) is 1. The average Bonchev–Trinajstić information content (AvgIpc) is 1.98. The Morgan fingerprint density at radius 2 is 1.92 bits per heavy atom. The van der Waals surface area contributed by atoms with Crippen molar-refractivity contribution in [2.24, 2.45) is 5.92 Å². The minimum atomic E-state index is -1.30. The number of hydroxylamine groups is 1. The van der Waals surface area contributed by atoms with Crippen LogP contribution in [0.3, 0.4) is 0 Å². The van der Waals surface area contributed by atoms with Crippen LogP contribution >= 0.6 is 0 Å². The monoisotopic (exact) mass is 175 g/mol. The number of carboxylic acids is 1. The molecule has 0 aliphatic rings. The smallest absolute Gasteiger partial charge is 0.346 e. The Bertz CT molecular complexity index is 212. The first-order chi connectivity index (χ1) is 5.45. The summed E-state index contributed by atoms with van der Waals surface area (Å²) >= 11 is 0. The SMILES string of the molecule is CC(=O)NOC(=O)C(C)C(=O)O. The molecule has 0 saturated heterocycles. The number of carboxylic acid groups (broad SMARTS) is 1. The fraction of sp³-hybridized carbons (Fsp3) is 0.500. The molecule has 1 unspecified atom stereocenters. The largest absolute Gasteiger partial charge is 0.481 e. The van der Waals surface area contributed by atoms with Crippen molar-refractivity contribution in [3.63, 3.8) is 0 Å². The second-order valence-electron chi connectivity index (χ2n) is 2.14. The van der Waals surface area contributed by atoms with Gasteiger partial charge in [0, 0.05) is 6.92 Å². The van der Waals surface area contributed by atoms with Crippen molar-refractivity contribution in [2.45, 2.75) is 13.8 Å². The molecule has 0 fully saturated rings. The molecule has 0 radical (unpaired) electrons. The normalized spacial score (nSPS) is 11.5. The van der Waals surface area contributed by atoms with Gasteiger partial charge in [-0.15, -0.1) is 0 Å². The molecule has 12 heavy (non-hydrogen) atoms. The second-order valence-corrected chi connectivity index (χ2v) is 2.14. The van der Waals surface area contributed by atoms with Crippen LogP contribution in [0, 0.1) is 5.92 Å².